The Kier molecular flexibility index (Phi) is 5.83. The molecule has 7 nitrogen and oxygen atoms in total. The van der Waals surface area contributed by atoms with Crippen LogP contribution in [0.1, 0.15) is 23.6 Å². The number of ether oxygens (including phenoxy) is 1. The van der Waals surface area contributed by atoms with Gasteiger partial charge in [0.25, 0.3) is 0 Å². The number of aromatic nitrogens is 2. The van der Waals surface area contributed by atoms with Gasteiger partial charge in [-0.1, -0.05) is 6.07 Å². The molecule has 1 fully saturated rings. The Balaban J connectivity index is 1.74. The van der Waals surface area contributed by atoms with Gasteiger partial charge in [-0.2, -0.15) is 13.2 Å². The largest absolute Gasteiger partial charge is 0.416 e. The average Bonchev–Trinajstić information content (AvgIpc) is 2.68. The van der Waals surface area contributed by atoms with Crippen molar-refractivity contribution in [2.24, 2.45) is 5.73 Å². The highest BCUT2D eigenvalue weighted by atomic mass is 19.4. The summed E-state index contributed by atoms with van der Waals surface area (Å²) in [6.45, 7) is 1.94. The molecule has 4 rings (SSSR count). The standard InChI is InChI=1S/C21H19F4N5O2/c22-14-8-12(7-13(9-14)21(23,24)25)16(10-30-5-2-6-30)29-19-15-3-1-4-17(32-20(26)31)18(15)27-11-28-19/h1,3-4,7-9,11,16H,2,5-6,10H2,(H2,26,31)(H,27,28,29)/t16-/m1/s1. The number of carbonyl (C=O) groups is 1. The van der Waals surface area contributed by atoms with Crippen molar-refractivity contribution in [1.82, 2.24) is 14.9 Å². The zero-order valence-electron chi connectivity index (χ0n) is 16.7. The number of anilines is 1. The molecule has 168 valence electrons. The number of rotatable bonds is 6. The number of likely N-dealkylation sites (tertiary alicyclic amines) is 1. The summed E-state index contributed by atoms with van der Waals surface area (Å²) in [5.41, 5.74) is 4.47. The zero-order valence-corrected chi connectivity index (χ0v) is 16.7. The van der Waals surface area contributed by atoms with Crippen molar-refractivity contribution < 1.29 is 27.1 Å². The molecule has 0 radical (unpaired) electrons. The van der Waals surface area contributed by atoms with E-state index in [1.54, 1.807) is 12.1 Å². The van der Waals surface area contributed by atoms with Crippen LogP contribution in [0.2, 0.25) is 0 Å². The molecule has 1 aliphatic rings. The smallest absolute Gasteiger partial charge is 0.408 e. The predicted octanol–water partition coefficient (Wildman–Crippen LogP) is 4.10. The van der Waals surface area contributed by atoms with Crippen LogP contribution in [-0.4, -0.2) is 40.6 Å². The van der Waals surface area contributed by atoms with E-state index in [1.807, 2.05) is 4.90 Å². The quantitative estimate of drug-likeness (QED) is 0.551. The number of carbonyl (C=O) groups excluding carboxylic acids is 1. The SMILES string of the molecule is NC(=O)Oc1cccc2c(N[C@H](CN3CCC3)c3cc(F)cc(C(F)(F)F)c3)ncnc12. The van der Waals surface area contributed by atoms with Gasteiger partial charge in [0, 0.05) is 11.9 Å². The molecule has 3 aromatic rings. The van der Waals surface area contributed by atoms with Gasteiger partial charge in [-0.05, 0) is 55.4 Å². The summed E-state index contributed by atoms with van der Waals surface area (Å²) in [7, 11) is 0. The normalized spacial score (nSPS) is 15.2. The fourth-order valence-electron chi connectivity index (χ4n) is 3.57. The summed E-state index contributed by atoms with van der Waals surface area (Å²) in [6, 6.07) is 6.57. The van der Waals surface area contributed by atoms with Gasteiger partial charge in [0.2, 0.25) is 0 Å². The number of halogens is 4. The first-order chi connectivity index (χ1) is 15.2. The second-order valence-electron chi connectivity index (χ2n) is 7.42. The van der Waals surface area contributed by atoms with Crippen molar-refractivity contribution in [2.75, 3.05) is 25.0 Å². The minimum absolute atomic E-state index is 0.116. The number of benzene rings is 2. The second-order valence-corrected chi connectivity index (χ2v) is 7.42. The fraction of sp³-hybridized carbons (Fsp3) is 0.286. The molecule has 1 aromatic heterocycles. The number of alkyl halides is 3. The van der Waals surface area contributed by atoms with Crippen LogP contribution < -0.4 is 15.8 Å². The molecule has 0 saturated carbocycles. The lowest BCUT2D eigenvalue weighted by Crippen LogP contribution is -2.41. The van der Waals surface area contributed by atoms with Crippen LogP contribution in [0.5, 0.6) is 5.75 Å². The third kappa shape index (κ3) is 4.72. The topological polar surface area (TPSA) is 93.4 Å². The van der Waals surface area contributed by atoms with E-state index in [0.717, 1.165) is 31.6 Å². The number of nitrogens with one attached hydrogen (secondary N) is 1. The van der Waals surface area contributed by atoms with Gasteiger partial charge >= 0.3 is 12.3 Å². The van der Waals surface area contributed by atoms with Crippen molar-refractivity contribution in [3.8, 4) is 5.75 Å². The summed E-state index contributed by atoms with van der Waals surface area (Å²) in [5, 5.41) is 3.59. The lowest BCUT2D eigenvalue weighted by atomic mass is 10.0. The molecular formula is C21H19F4N5O2. The monoisotopic (exact) mass is 449 g/mol. The number of nitrogens with zero attached hydrogens (tertiary/aromatic N) is 3. The predicted molar refractivity (Wildman–Crippen MR) is 109 cm³/mol. The van der Waals surface area contributed by atoms with E-state index in [9.17, 15) is 22.4 Å². The van der Waals surface area contributed by atoms with Crippen LogP contribution >= 0.6 is 0 Å². The van der Waals surface area contributed by atoms with Crippen LogP contribution in [0.15, 0.2) is 42.7 Å². The van der Waals surface area contributed by atoms with Crippen LogP contribution in [0.3, 0.4) is 0 Å². The lowest BCUT2D eigenvalue weighted by molar-refractivity contribution is -0.137. The number of amides is 1. The van der Waals surface area contributed by atoms with Gasteiger partial charge in [0.1, 0.15) is 23.5 Å². The number of primary amides is 1. The first-order valence-corrected chi connectivity index (χ1v) is 9.78. The molecule has 3 N–H and O–H groups in total. The van der Waals surface area contributed by atoms with Crippen molar-refractivity contribution in [3.05, 3.63) is 59.7 Å². The number of para-hydroxylation sites is 1. The zero-order chi connectivity index (χ0) is 22.9. The Morgan fingerprint density at radius 3 is 2.66 bits per heavy atom. The molecule has 11 heteroatoms. The van der Waals surface area contributed by atoms with Crippen LogP contribution in [0.4, 0.5) is 28.2 Å². The summed E-state index contributed by atoms with van der Waals surface area (Å²) in [6.07, 6.45) is -3.48. The highest BCUT2D eigenvalue weighted by molar-refractivity contribution is 5.94. The van der Waals surface area contributed by atoms with E-state index < -0.39 is 29.7 Å². The third-order valence-electron chi connectivity index (χ3n) is 5.19. The Morgan fingerprint density at radius 1 is 1.22 bits per heavy atom. The Hall–Kier alpha value is -3.47. The van der Waals surface area contributed by atoms with E-state index in [-0.39, 0.29) is 11.3 Å². The number of hydrogen-bond acceptors (Lipinski definition) is 6. The molecule has 0 spiro atoms. The Morgan fingerprint density at radius 2 is 2.00 bits per heavy atom. The fourth-order valence-corrected chi connectivity index (χ4v) is 3.57. The van der Waals surface area contributed by atoms with E-state index in [1.165, 1.54) is 12.4 Å². The minimum Gasteiger partial charge on any atom is -0.408 e. The summed E-state index contributed by atoms with van der Waals surface area (Å²) < 4.78 is 58.9. The molecule has 0 aliphatic carbocycles. The molecule has 1 atom stereocenters. The molecule has 1 saturated heterocycles. The molecule has 0 unspecified atom stereocenters. The van der Waals surface area contributed by atoms with Crippen LogP contribution in [0, 0.1) is 5.82 Å². The van der Waals surface area contributed by atoms with E-state index in [4.69, 9.17) is 10.5 Å². The van der Waals surface area contributed by atoms with Gasteiger partial charge in [-0.25, -0.2) is 19.2 Å². The van der Waals surface area contributed by atoms with Crippen molar-refractivity contribution in [2.45, 2.75) is 18.6 Å². The maximum absolute atomic E-state index is 14.1. The maximum Gasteiger partial charge on any atom is 0.416 e. The second kappa shape index (κ2) is 8.58. The highest BCUT2D eigenvalue weighted by Crippen LogP contribution is 2.34. The van der Waals surface area contributed by atoms with Gasteiger partial charge in [-0.3, -0.25) is 0 Å². The first kappa shape index (κ1) is 21.8. The van der Waals surface area contributed by atoms with E-state index in [2.05, 4.69) is 15.3 Å². The Labute approximate surface area is 180 Å². The van der Waals surface area contributed by atoms with Gasteiger partial charge in [0.05, 0.1) is 11.6 Å². The third-order valence-corrected chi connectivity index (χ3v) is 5.19. The number of nitrogens with two attached hydrogens (primary N) is 1. The molecule has 2 heterocycles. The van der Waals surface area contributed by atoms with E-state index in [0.29, 0.717) is 29.3 Å². The lowest BCUT2D eigenvalue weighted by Gasteiger charge is -2.35. The van der Waals surface area contributed by atoms with Crippen molar-refractivity contribution >= 4 is 22.8 Å². The number of fused-ring (bicyclic) bond motifs is 1. The van der Waals surface area contributed by atoms with Gasteiger partial charge in [-0.15, -0.1) is 0 Å². The first-order valence-electron chi connectivity index (χ1n) is 9.78. The van der Waals surface area contributed by atoms with Crippen LogP contribution in [-0.2, 0) is 6.18 Å². The molecular weight excluding hydrogens is 430 g/mol. The molecule has 2 aromatic carbocycles. The summed E-state index contributed by atoms with van der Waals surface area (Å²) in [4.78, 5) is 21.5. The van der Waals surface area contributed by atoms with Crippen molar-refractivity contribution in [3.63, 3.8) is 0 Å². The molecule has 1 aliphatic heterocycles. The van der Waals surface area contributed by atoms with Crippen LogP contribution in [0.25, 0.3) is 10.9 Å². The molecule has 0 bridgehead atoms. The molecule has 1 amide bonds. The Bertz CT molecular complexity index is 1150. The number of hydrogen-bond donors (Lipinski definition) is 2. The van der Waals surface area contributed by atoms with Crippen molar-refractivity contribution in [1.29, 1.82) is 0 Å². The van der Waals surface area contributed by atoms with Gasteiger partial charge in [0.15, 0.2) is 5.75 Å². The highest BCUT2D eigenvalue weighted by Gasteiger charge is 2.32. The summed E-state index contributed by atoms with van der Waals surface area (Å²) in [5.74, 6) is -0.562. The van der Waals surface area contributed by atoms with Gasteiger partial charge < -0.3 is 20.7 Å². The van der Waals surface area contributed by atoms with E-state index >= 15 is 0 Å². The average molecular weight is 449 g/mol. The maximum atomic E-state index is 14.1. The summed E-state index contributed by atoms with van der Waals surface area (Å²) >= 11 is 0. The molecule has 32 heavy (non-hydrogen) atoms. The minimum atomic E-state index is -4.68.